The topological polar surface area (TPSA) is 6.48 Å². The van der Waals surface area contributed by atoms with Crippen molar-refractivity contribution in [3.8, 4) is 0 Å². The van der Waals surface area contributed by atoms with Gasteiger partial charge in [0.2, 0.25) is 0 Å². The molecule has 0 unspecified atom stereocenters. The van der Waals surface area contributed by atoms with Crippen LogP contribution in [0.3, 0.4) is 0 Å². The summed E-state index contributed by atoms with van der Waals surface area (Å²) < 4.78 is 1.16. The molecule has 2 rings (SSSR count). The van der Waals surface area contributed by atoms with Gasteiger partial charge in [0.25, 0.3) is 0 Å². The van der Waals surface area contributed by atoms with Gasteiger partial charge in [-0.3, -0.25) is 4.90 Å². The summed E-state index contributed by atoms with van der Waals surface area (Å²) in [4.78, 5) is 4.97. The zero-order chi connectivity index (χ0) is 11.4. The van der Waals surface area contributed by atoms with Crippen LogP contribution in [0.15, 0.2) is 28.7 Å². The van der Waals surface area contributed by atoms with Gasteiger partial charge in [-0.15, -0.1) is 0 Å². The molecule has 2 nitrogen and oxygen atoms in total. The molecule has 0 spiro atoms. The largest absolute Gasteiger partial charge is 0.305 e. The molecular formula is C13H19BrN2. The molecule has 1 aromatic carbocycles. The predicted octanol–water partition coefficient (Wildman–Crippen LogP) is 2.59. The van der Waals surface area contributed by atoms with Crippen LogP contribution in [-0.2, 0) is 6.54 Å². The van der Waals surface area contributed by atoms with Crippen LogP contribution in [0.5, 0.6) is 0 Å². The Morgan fingerprint density at radius 3 is 2.56 bits per heavy atom. The Bertz CT molecular complexity index is 323. The molecule has 1 aromatic rings. The van der Waals surface area contributed by atoms with E-state index in [1.807, 2.05) is 0 Å². The number of hydrogen-bond acceptors (Lipinski definition) is 2. The average molecular weight is 283 g/mol. The van der Waals surface area contributed by atoms with Crippen molar-refractivity contribution >= 4 is 15.9 Å². The molecular weight excluding hydrogens is 264 g/mol. The summed E-state index contributed by atoms with van der Waals surface area (Å²) in [5, 5.41) is 0. The molecule has 0 N–H and O–H groups in total. The SMILES string of the molecule is CN1CCCN(Cc2ccc(Br)cc2)CC1. The molecule has 1 saturated heterocycles. The maximum absolute atomic E-state index is 3.47. The molecule has 0 radical (unpaired) electrons. The monoisotopic (exact) mass is 282 g/mol. The first-order valence-electron chi connectivity index (χ1n) is 5.89. The van der Waals surface area contributed by atoms with Crippen LogP contribution in [0.25, 0.3) is 0 Å². The molecule has 1 heterocycles. The molecule has 0 amide bonds. The third-order valence-electron chi connectivity index (χ3n) is 3.13. The zero-order valence-corrected chi connectivity index (χ0v) is 11.4. The van der Waals surface area contributed by atoms with Crippen molar-refractivity contribution in [2.24, 2.45) is 0 Å². The summed E-state index contributed by atoms with van der Waals surface area (Å²) >= 11 is 3.47. The minimum atomic E-state index is 1.08. The summed E-state index contributed by atoms with van der Waals surface area (Å²) in [5.74, 6) is 0. The molecule has 88 valence electrons. The summed E-state index contributed by atoms with van der Waals surface area (Å²) in [6, 6.07) is 8.66. The van der Waals surface area contributed by atoms with E-state index in [9.17, 15) is 0 Å². The van der Waals surface area contributed by atoms with Gasteiger partial charge in [-0.1, -0.05) is 28.1 Å². The molecule has 16 heavy (non-hydrogen) atoms. The second-order valence-corrected chi connectivity index (χ2v) is 5.48. The van der Waals surface area contributed by atoms with Crippen LogP contribution in [0.4, 0.5) is 0 Å². The van der Waals surface area contributed by atoms with Crippen molar-refractivity contribution in [2.45, 2.75) is 13.0 Å². The minimum absolute atomic E-state index is 1.08. The van der Waals surface area contributed by atoms with Crippen LogP contribution in [0.2, 0.25) is 0 Å². The maximum atomic E-state index is 3.47. The quantitative estimate of drug-likeness (QED) is 0.823. The van der Waals surface area contributed by atoms with E-state index >= 15 is 0 Å². The van der Waals surface area contributed by atoms with Gasteiger partial charge in [0.15, 0.2) is 0 Å². The van der Waals surface area contributed by atoms with Crippen molar-refractivity contribution in [1.82, 2.24) is 9.80 Å². The Hall–Kier alpha value is -0.380. The molecule has 0 aliphatic carbocycles. The standard InChI is InChI=1S/C13H19BrN2/c1-15-7-2-8-16(10-9-15)11-12-3-5-13(14)6-4-12/h3-6H,2,7-11H2,1H3. The fraction of sp³-hybridized carbons (Fsp3) is 0.538. The smallest absolute Gasteiger partial charge is 0.0234 e. The summed E-state index contributed by atoms with van der Waals surface area (Å²) in [6.07, 6.45) is 1.28. The van der Waals surface area contributed by atoms with E-state index in [0.717, 1.165) is 11.0 Å². The third kappa shape index (κ3) is 3.58. The second-order valence-electron chi connectivity index (χ2n) is 4.56. The molecule has 1 aliphatic rings. The van der Waals surface area contributed by atoms with E-state index in [1.54, 1.807) is 0 Å². The van der Waals surface area contributed by atoms with Gasteiger partial charge in [0, 0.05) is 24.1 Å². The normalized spacial score (nSPS) is 19.6. The molecule has 3 heteroatoms. The van der Waals surface area contributed by atoms with Crippen LogP contribution in [0, 0.1) is 0 Å². The lowest BCUT2D eigenvalue weighted by Crippen LogP contribution is -2.28. The first-order valence-corrected chi connectivity index (χ1v) is 6.69. The Balaban J connectivity index is 1.91. The summed E-state index contributed by atoms with van der Waals surface area (Å²) in [6.45, 7) is 5.92. The number of rotatable bonds is 2. The third-order valence-corrected chi connectivity index (χ3v) is 3.66. The molecule has 0 bridgehead atoms. The molecule has 1 aliphatic heterocycles. The number of hydrogen-bond donors (Lipinski definition) is 0. The van der Waals surface area contributed by atoms with E-state index in [0.29, 0.717) is 0 Å². The van der Waals surface area contributed by atoms with Crippen molar-refractivity contribution < 1.29 is 0 Å². The van der Waals surface area contributed by atoms with Crippen molar-refractivity contribution in [3.63, 3.8) is 0 Å². The highest BCUT2D eigenvalue weighted by atomic mass is 79.9. The Kier molecular flexibility index (Phi) is 4.38. The highest BCUT2D eigenvalue weighted by molar-refractivity contribution is 9.10. The van der Waals surface area contributed by atoms with Crippen molar-refractivity contribution in [1.29, 1.82) is 0 Å². The van der Waals surface area contributed by atoms with Gasteiger partial charge in [-0.25, -0.2) is 0 Å². The van der Waals surface area contributed by atoms with E-state index in [1.165, 1.54) is 38.2 Å². The van der Waals surface area contributed by atoms with Gasteiger partial charge in [-0.05, 0) is 44.3 Å². The van der Waals surface area contributed by atoms with Crippen molar-refractivity contribution in [2.75, 3.05) is 33.2 Å². The maximum Gasteiger partial charge on any atom is 0.0234 e. The second kappa shape index (κ2) is 5.80. The summed E-state index contributed by atoms with van der Waals surface area (Å²) in [7, 11) is 2.21. The van der Waals surface area contributed by atoms with E-state index in [2.05, 4.69) is 57.0 Å². The van der Waals surface area contributed by atoms with Gasteiger partial charge < -0.3 is 4.90 Å². The number of benzene rings is 1. The Labute approximate surface area is 106 Å². The zero-order valence-electron chi connectivity index (χ0n) is 9.82. The lowest BCUT2D eigenvalue weighted by Gasteiger charge is -2.20. The van der Waals surface area contributed by atoms with Gasteiger partial charge >= 0.3 is 0 Å². The molecule has 0 atom stereocenters. The van der Waals surface area contributed by atoms with E-state index in [-0.39, 0.29) is 0 Å². The fourth-order valence-corrected chi connectivity index (χ4v) is 2.37. The highest BCUT2D eigenvalue weighted by Gasteiger charge is 2.11. The average Bonchev–Trinajstić information content (AvgIpc) is 2.47. The Morgan fingerprint density at radius 1 is 1.06 bits per heavy atom. The first kappa shape index (κ1) is 12.1. The van der Waals surface area contributed by atoms with Crippen LogP contribution in [-0.4, -0.2) is 43.0 Å². The highest BCUT2D eigenvalue weighted by Crippen LogP contribution is 2.13. The van der Waals surface area contributed by atoms with Crippen LogP contribution in [0.1, 0.15) is 12.0 Å². The lowest BCUT2D eigenvalue weighted by molar-refractivity contribution is 0.269. The molecule has 1 fully saturated rings. The minimum Gasteiger partial charge on any atom is -0.305 e. The van der Waals surface area contributed by atoms with Crippen molar-refractivity contribution in [3.05, 3.63) is 34.3 Å². The van der Waals surface area contributed by atoms with E-state index in [4.69, 9.17) is 0 Å². The molecule has 0 saturated carbocycles. The Morgan fingerprint density at radius 2 is 1.81 bits per heavy atom. The molecule has 0 aromatic heterocycles. The predicted molar refractivity (Wildman–Crippen MR) is 71.5 cm³/mol. The van der Waals surface area contributed by atoms with Gasteiger partial charge in [0.05, 0.1) is 0 Å². The van der Waals surface area contributed by atoms with Gasteiger partial charge in [0.1, 0.15) is 0 Å². The summed E-state index contributed by atoms with van der Waals surface area (Å²) in [5.41, 5.74) is 1.41. The van der Waals surface area contributed by atoms with Crippen LogP contribution < -0.4 is 0 Å². The van der Waals surface area contributed by atoms with Crippen LogP contribution >= 0.6 is 15.9 Å². The fourth-order valence-electron chi connectivity index (χ4n) is 2.11. The number of halogens is 1. The number of likely N-dealkylation sites (N-methyl/N-ethyl adjacent to an activating group) is 1. The van der Waals surface area contributed by atoms with E-state index < -0.39 is 0 Å². The van der Waals surface area contributed by atoms with Gasteiger partial charge in [-0.2, -0.15) is 0 Å². The number of nitrogens with zero attached hydrogens (tertiary/aromatic N) is 2. The first-order chi connectivity index (χ1) is 7.74. The lowest BCUT2D eigenvalue weighted by atomic mass is 10.2.